The SMILES string of the molecule is CC(C)(C)c1ccc(C(=O)Nc2cc(C(=O)N3CCNCC3)ccc2N2CCN(C(=O)c3ccccc3)CC2)cc1. The molecule has 3 amide bonds. The second-order valence-electron chi connectivity index (χ2n) is 11.7. The number of rotatable bonds is 5. The molecule has 0 aliphatic carbocycles. The molecule has 0 unspecified atom stereocenters. The normalized spacial score (nSPS) is 15.9. The Balaban J connectivity index is 1.37. The highest BCUT2D eigenvalue weighted by molar-refractivity contribution is 6.07. The predicted molar refractivity (Wildman–Crippen MR) is 163 cm³/mol. The average molecular weight is 554 g/mol. The van der Waals surface area contributed by atoms with Crippen LogP contribution in [0.1, 0.15) is 57.4 Å². The maximum Gasteiger partial charge on any atom is 0.255 e. The molecule has 5 rings (SSSR count). The Hall–Kier alpha value is -4.17. The highest BCUT2D eigenvalue weighted by Gasteiger charge is 2.26. The number of hydrogen-bond donors (Lipinski definition) is 2. The first kappa shape index (κ1) is 28.4. The summed E-state index contributed by atoms with van der Waals surface area (Å²) < 4.78 is 0. The van der Waals surface area contributed by atoms with Crippen molar-refractivity contribution in [2.45, 2.75) is 26.2 Å². The Labute approximate surface area is 242 Å². The maximum atomic E-state index is 13.4. The van der Waals surface area contributed by atoms with Gasteiger partial charge in [-0.2, -0.15) is 0 Å². The van der Waals surface area contributed by atoms with E-state index in [1.165, 1.54) is 0 Å². The first-order chi connectivity index (χ1) is 19.7. The van der Waals surface area contributed by atoms with Crippen molar-refractivity contribution in [1.82, 2.24) is 15.1 Å². The van der Waals surface area contributed by atoms with Crippen LogP contribution in [0.3, 0.4) is 0 Å². The molecule has 2 heterocycles. The topological polar surface area (TPSA) is 85.0 Å². The summed E-state index contributed by atoms with van der Waals surface area (Å²) >= 11 is 0. The molecule has 0 radical (unpaired) electrons. The summed E-state index contributed by atoms with van der Waals surface area (Å²) in [5.41, 5.74) is 4.37. The minimum atomic E-state index is -0.226. The van der Waals surface area contributed by atoms with E-state index < -0.39 is 0 Å². The molecule has 2 saturated heterocycles. The van der Waals surface area contributed by atoms with Crippen molar-refractivity contribution in [2.24, 2.45) is 0 Å². The fraction of sp³-hybridized carbons (Fsp3) is 0.364. The zero-order valence-electron chi connectivity index (χ0n) is 24.2. The number of hydrogen-bond acceptors (Lipinski definition) is 5. The summed E-state index contributed by atoms with van der Waals surface area (Å²) in [6, 6.07) is 22.6. The van der Waals surface area contributed by atoms with Crippen LogP contribution in [0.15, 0.2) is 72.8 Å². The Morgan fingerprint density at radius 1 is 0.683 bits per heavy atom. The molecule has 214 valence electrons. The number of amides is 3. The van der Waals surface area contributed by atoms with Gasteiger partial charge in [0, 0.05) is 69.0 Å². The Kier molecular flexibility index (Phi) is 8.40. The predicted octanol–water partition coefficient (Wildman–Crippen LogP) is 4.24. The molecule has 0 saturated carbocycles. The average Bonchev–Trinajstić information content (AvgIpc) is 3.01. The number of carbonyl (C=O) groups excluding carboxylic acids is 3. The number of carbonyl (C=O) groups is 3. The third-order valence-electron chi connectivity index (χ3n) is 7.84. The van der Waals surface area contributed by atoms with Crippen LogP contribution >= 0.6 is 0 Å². The van der Waals surface area contributed by atoms with E-state index in [4.69, 9.17) is 0 Å². The minimum Gasteiger partial charge on any atom is -0.366 e. The van der Waals surface area contributed by atoms with Crippen LogP contribution in [0.25, 0.3) is 0 Å². The van der Waals surface area contributed by atoms with Crippen LogP contribution < -0.4 is 15.5 Å². The summed E-state index contributed by atoms with van der Waals surface area (Å²) in [7, 11) is 0. The summed E-state index contributed by atoms with van der Waals surface area (Å²) in [4.78, 5) is 45.6. The molecular weight excluding hydrogens is 514 g/mol. The molecule has 0 atom stereocenters. The molecule has 2 aliphatic rings. The molecule has 2 fully saturated rings. The van der Waals surface area contributed by atoms with Crippen molar-refractivity contribution in [3.05, 3.63) is 95.1 Å². The van der Waals surface area contributed by atoms with Gasteiger partial charge < -0.3 is 25.3 Å². The monoisotopic (exact) mass is 553 g/mol. The van der Waals surface area contributed by atoms with Crippen molar-refractivity contribution in [3.8, 4) is 0 Å². The van der Waals surface area contributed by atoms with E-state index in [2.05, 4.69) is 36.3 Å². The van der Waals surface area contributed by atoms with E-state index in [1.807, 2.05) is 76.5 Å². The molecule has 0 aromatic heterocycles. The van der Waals surface area contributed by atoms with E-state index in [0.29, 0.717) is 61.6 Å². The second-order valence-corrected chi connectivity index (χ2v) is 11.7. The first-order valence-corrected chi connectivity index (χ1v) is 14.4. The number of nitrogens with one attached hydrogen (secondary N) is 2. The van der Waals surface area contributed by atoms with Gasteiger partial charge in [-0.3, -0.25) is 14.4 Å². The van der Waals surface area contributed by atoms with E-state index in [0.717, 1.165) is 24.3 Å². The molecule has 3 aromatic rings. The van der Waals surface area contributed by atoms with Gasteiger partial charge in [-0.05, 0) is 53.4 Å². The lowest BCUT2D eigenvalue weighted by Crippen LogP contribution is -2.49. The van der Waals surface area contributed by atoms with E-state index in [1.54, 1.807) is 6.07 Å². The number of anilines is 2. The van der Waals surface area contributed by atoms with Crippen LogP contribution in [0.4, 0.5) is 11.4 Å². The zero-order chi connectivity index (χ0) is 29.0. The molecule has 2 aliphatic heterocycles. The van der Waals surface area contributed by atoms with Crippen molar-refractivity contribution >= 4 is 29.1 Å². The number of piperazine rings is 2. The van der Waals surface area contributed by atoms with E-state index in [-0.39, 0.29) is 23.1 Å². The third-order valence-corrected chi connectivity index (χ3v) is 7.84. The maximum absolute atomic E-state index is 13.4. The second kappa shape index (κ2) is 12.1. The molecule has 8 heteroatoms. The molecule has 2 N–H and O–H groups in total. The number of nitrogens with zero attached hydrogens (tertiary/aromatic N) is 3. The number of benzene rings is 3. The van der Waals surface area contributed by atoms with Crippen molar-refractivity contribution in [3.63, 3.8) is 0 Å². The Bertz CT molecular complexity index is 1380. The van der Waals surface area contributed by atoms with Gasteiger partial charge in [-0.15, -0.1) is 0 Å². The Morgan fingerprint density at radius 3 is 1.90 bits per heavy atom. The standard InChI is InChI=1S/C33H39N5O3/c1-33(2,3)27-12-9-24(10-13-27)30(39)35-28-23-26(32(41)37-17-15-34-16-18-37)11-14-29(28)36-19-21-38(22-20-36)31(40)25-7-5-4-6-8-25/h4-14,23,34H,15-22H2,1-3H3,(H,35,39). The molecule has 3 aromatic carbocycles. The molecular formula is C33H39N5O3. The lowest BCUT2D eigenvalue weighted by Gasteiger charge is -2.37. The van der Waals surface area contributed by atoms with E-state index >= 15 is 0 Å². The highest BCUT2D eigenvalue weighted by Crippen LogP contribution is 2.30. The van der Waals surface area contributed by atoms with Gasteiger partial charge in [0.25, 0.3) is 17.7 Å². The van der Waals surface area contributed by atoms with Gasteiger partial charge in [0.05, 0.1) is 11.4 Å². The van der Waals surface area contributed by atoms with Gasteiger partial charge in [0.15, 0.2) is 0 Å². The summed E-state index contributed by atoms with van der Waals surface area (Å²) in [5, 5.41) is 6.37. The van der Waals surface area contributed by atoms with E-state index in [9.17, 15) is 14.4 Å². The van der Waals surface area contributed by atoms with Gasteiger partial charge >= 0.3 is 0 Å². The Morgan fingerprint density at radius 2 is 1.27 bits per heavy atom. The zero-order valence-corrected chi connectivity index (χ0v) is 24.2. The van der Waals surface area contributed by atoms with Crippen molar-refractivity contribution in [1.29, 1.82) is 0 Å². The molecule has 41 heavy (non-hydrogen) atoms. The van der Waals surface area contributed by atoms with Crippen LogP contribution in [-0.4, -0.2) is 79.9 Å². The summed E-state index contributed by atoms with van der Waals surface area (Å²) in [6.45, 7) is 11.6. The lowest BCUT2D eigenvalue weighted by molar-refractivity contribution is 0.0731. The first-order valence-electron chi connectivity index (χ1n) is 14.4. The smallest absolute Gasteiger partial charge is 0.255 e. The molecule has 0 spiro atoms. The molecule has 0 bridgehead atoms. The summed E-state index contributed by atoms with van der Waals surface area (Å²) in [6.07, 6.45) is 0. The van der Waals surface area contributed by atoms with Gasteiger partial charge in [-0.1, -0.05) is 51.1 Å². The fourth-order valence-corrected chi connectivity index (χ4v) is 5.33. The van der Waals surface area contributed by atoms with Crippen LogP contribution in [-0.2, 0) is 5.41 Å². The fourth-order valence-electron chi connectivity index (χ4n) is 5.33. The largest absolute Gasteiger partial charge is 0.366 e. The van der Waals surface area contributed by atoms with Crippen LogP contribution in [0, 0.1) is 0 Å². The van der Waals surface area contributed by atoms with Gasteiger partial charge in [-0.25, -0.2) is 0 Å². The van der Waals surface area contributed by atoms with Gasteiger partial charge in [0.1, 0.15) is 0 Å². The van der Waals surface area contributed by atoms with Gasteiger partial charge in [0.2, 0.25) is 0 Å². The minimum absolute atomic E-state index is 0.00905. The highest BCUT2D eigenvalue weighted by atomic mass is 16.2. The molecule has 8 nitrogen and oxygen atoms in total. The summed E-state index contributed by atoms with van der Waals surface area (Å²) in [5.74, 6) is -0.243. The quantitative estimate of drug-likeness (QED) is 0.494. The third kappa shape index (κ3) is 6.60. The van der Waals surface area contributed by atoms with Crippen molar-refractivity contribution in [2.75, 3.05) is 62.6 Å². The van der Waals surface area contributed by atoms with Crippen LogP contribution in [0.5, 0.6) is 0 Å². The van der Waals surface area contributed by atoms with Crippen molar-refractivity contribution < 1.29 is 14.4 Å². The lowest BCUT2D eigenvalue weighted by atomic mass is 9.86. The van der Waals surface area contributed by atoms with Crippen LogP contribution in [0.2, 0.25) is 0 Å².